The minimum absolute atomic E-state index is 0.0320. The lowest BCUT2D eigenvalue weighted by Gasteiger charge is -2.17. The van der Waals surface area contributed by atoms with Gasteiger partial charge in [0.15, 0.2) is 5.78 Å². The first-order chi connectivity index (χ1) is 10.8. The Morgan fingerprint density at radius 1 is 1.13 bits per heavy atom. The van der Waals surface area contributed by atoms with Gasteiger partial charge in [0.25, 0.3) is 0 Å². The first-order valence-electron chi connectivity index (χ1n) is 7.63. The van der Waals surface area contributed by atoms with Gasteiger partial charge in [-0.1, -0.05) is 13.8 Å². The van der Waals surface area contributed by atoms with Gasteiger partial charge in [0.1, 0.15) is 11.8 Å². The normalized spacial score (nSPS) is 11.8. The Balaban J connectivity index is 2.51. The number of nitrogens with one attached hydrogen (secondary N) is 1. The van der Waals surface area contributed by atoms with E-state index in [2.05, 4.69) is 5.32 Å². The van der Waals surface area contributed by atoms with Crippen LogP contribution in [0.4, 0.5) is 0 Å². The maximum atomic E-state index is 12.0. The zero-order chi connectivity index (χ0) is 17.4. The zero-order valence-electron chi connectivity index (χ0n) is 13.7. The lowest BCUT2D eigenvalue weighted by atomic mass is 10.0. The second kappa shape index (κ2) is 8.92. The molecule has 0 spiro atoms. The summed E-state index contributed by atoms with van der Waals surface area (Å²) in [6.45, 7) is 5.85. The minimum atomic E-state index is -1.08. The number of amides is 1. The highest BCUT2D eigenvalue weighted by Gasteiger charge is 2.23. The van der Waals surface area contributed by atoms with E-state index in [9.17, 15) is 14.4 Å². The standard InChI is InChI=1S/C17H23NO5/c1-4-23-13-7-5-12(6-8-13)14(19)9-10-15(20)18-16(11(2)3)17(21)22/h5-8,11,16H,4,9-10H2,1-3H3,(H,18,20)(H,21,22)/t16-/m0/s1. The van der Waals surface area contributed by atoms with Gasteiger partial charge in [0.05, 0.1) is 6.61 Å². The number of benzene rings is 1. The van der Waals surface area contributed by atoms with E-state index in [1.165, 1.54) is 0 Å². The summed E-state index contributed by atoms with van der Waals surface area (Å²) in [4.78, 5) is 34.9. The van der Waals surface area contributed by atoms with Gasteiger partial charge in [-0.2, -0.15) is 0 Å². The molecule has 0 heterocycles. The molecular formula is C17H23NO5. The molecule has 2 N–H and O–H groups in total. The van der Waals surface area contributed by atoms with E-state index in [4.69, 9.17) is 9.84 Å². The van der Waals surface area contributed by atoms with E-state index in [0.717, 1.165) is 0 Å². The fourth-order valence-corrected chi connectivity index (χ4v) is 2.03. The molecule has 0 aliphatic heterocycles. The van der Waals surface area contributed by atoms with Crippen LogP contribution >= 0.6 is 0 Å². The molecule has 0 saturated carbocycles. The third kappa shape index (κ3) is 6.10. The molecule has 1 aromatic rings. The predicted octanol–water partition coefficient (Wildman–Crippen LogP) is 2.27. The summed E-state index contributed by atoms with van der Waals surface area (Å²) in [5.74, 6) is -1.22. The Hall–Kier alpha value is -2.37. The Morgan fingerprint density at radius 3 is 2.22 bits per heavy atom. The van der Waals surface area contributed by atoms with Crippen LogP contribution in [0.1, 0.15) is 44.0 Å². The smallest absolute Gasteiger partial charge is 0.326 e. The highest BCUT2D eigenvalue weighted by molar-refractivity contribution is 5.98. The van der Waals surface area contributed by atoms with E-state index in [1.807, 2.05) is 6.92 Å². The third-order valence-electron chi connectivity index (χ3n) is 3.32. The molecular weight excluding hydrogens is 298 g/mol. The first-order valence-corrected chi connectivity index (χ1v) is 7.63. The van der Waals surface area contributed by atoms with Crippen LogP contribution in [0.15, 0.2) is 24.3 Å². The number of Topliss-reactive ketones (excluding diaryl/α,β-unsaturated/α-hetero) is 1. The van der Waals surface area contributed by atoms with Crippen molar-refractivity contribution in [3.8, 4) is 5.75 Å². The zero-order valence-corrected chi connectivity index (χ0v) is 13.7. The van der Waals surface area contributed by atoms with Crippen LogP contribution in [-0.4, -0.2) is 35.4 Å². The van der Waals surface area contributed by atoms with E-state index < -0.39 is 17.9 Å². The van der Waals surface area contributed by atoms with E-state index in [1.54, 1.807) is 38.1 Å². The average molecular weight is 321 g/mol. The van der Waals surface area contributed by atoms with Crippen molar-refractivity contribution in [1.82, 2.24) is 5.32 Å². The first kappa shape index (κ1) is 18.7. The van der Waals surface area contributed by atoms with Crippen molar-refractivity contribution in [3.05, 3.63) is 29.8 Å². The lowest BCUT2D eigenvalue weighted by Crippen LogP contribution is -2.44. The van der Waals surface area contributed by atoms with Gasteiger partial charge in [-0.05, 0) is 37.1 Å². The fourth-order valence-electron chi connectivity index (χ4n) is 2.03. The summed E-state index contributed by atoms with van der Waals surface area (Å²) < 4.78 is 5.30. The molecule has 0 bridgehead atoms. The summed E-state index contributed by atoms with van der Waals surface area (Å²) in [6, 6.07) is 5.77. The van der Waals surface area contributed by atoms with Crippen molar-refractivity contribution < 1.29 is 24.2 Å². The number of carbonyl (C=O) groups is 3. The van der Waals surface area contributed by atoms with Gasteiger partial charge in [0.2, 0.25) is 5.91 Å². The van der Waals surface area contributed by atoms with Crippen LogP contribution < -0.4 is 10.1 Å². The maximum Gasteiger partial charge on any atom is 0.326 e. The summed E-state index contributed by atoms with van der Waals surface area (Å²) >= 11 is 0. The predicted molar refractivity (Wildman–Crippen MR) is 85.6 cm³/mol. The summed E-state index contributed by atoms with van der Waals surface area (Å²) in [6.07, 6.45) is -0.00715. The number of carboxylic acids is 1. The molecule has 0 radical (unpaired) electrons. The SMILES string of the molecule is CCOc1ccc(C(=O)CCC(=O)N[C@H](C(=O)O)C(C)C)cc1. The topological polar surface area (TPSA) is 92.7 Å². The van der Waals surface area contributed by atoms with E-state index in [-0.39, 0.29) is 24.5 Å². The van der Waals surface area contributed by atoms with Crippen molar-refractivity contribution in [1.29, 1.82) is 0 Å². The molecule has 1 amide bonds. The highest BCUT2D eigenvalue weighted by atomic mass is 16.5. The minimum Gasteiger partial charge on any atom is -0.494 e. The molecule has 126 valence electrons. The second-order valence-electron chi connectivity index (χ2n) is 5.51. The quantitative estimate of drug-likeness (QED) is 0.681. The van der Waals surface area contributed by atoms with Crippen LogP contribution in [0, 0.1) is 5.92 Å². The van der Waals surface area contributed by atoms with E-state index >= 15 is 0 Å². The highest BCUT2D eigenvalue weighted by Crippen LogP contribution is 2.14. The Labute approximate surface area is 135 Å². The van der Waals surface area contributed by atoms with Crippen LogP contribution in [0.3, 0.4) is 0 Å². The van der Waals surface area contributed by atoms with Crippen LogP contribution in [-0.2, 0) is 9.59 Å². The second-order valence-corrected chi connectivity index (χ2v) is 5.51. The molecule has 1 rings (SSSR count). The van der Waals surface area contributed by atoms with Crippen molar-refractivity contribution in [3.63, 3.8) is 0 Å². The number of hydrogen-bond acceptors (Lipinski definition) is 4. The number of ether oxygens (including phenoxy) is 1. The Kier molecular flexibility index (Phi) is 7.25. The molecule has 0 saturated heterocycles. The largest absolute Gasteiger partial charge is 0.494 e. The number of carbonyl (C=O) groups excluding carboxylic acids is 2. The Bertz CT molecular complexity index is 551. The van der Waals surface area contributed by atoms with Crippen LogP contribution in [0.25, 0.3) is 0 Å². The summed E-state index contributed by atoms with van der Waals surface area (Å²) in [7, 11) is 0. The Morgan fingerprint density at radius 2 is 1.74 bits per heavy atom. The molecule has 0 fully saturated rings. The van der Waals surface area contributed by atoms with Crippen molar-refractivity contribution in [2.75, 3.05) is 6.61 Å². The molecule has 0 aliphatic carbocycles. The molecule has 1 atom stereocenters. The molecule has 0 aliphatic rings. The number of rotatable bonds is 9. The molecule has 0 unspecified atom stereocenters. The molecule has 6 heteroatoms. The number of aliphatic carboxylic acids is 1. The van der Waals surface area contributed by atoms with Gasteiger partial charge in [-0.3, -0.25) is 9.59 Å². The number of ketones is 1. The fraction of sp³-hybridized carbons (Fsp3) is 0.471. The third-order valence-corrected chi connectivity index (χ3v) is 3.32. The van der Waals surface area contributed by atoms with Gasteiger partial charge in [0, 0.05) is 18.4 Å². The van der Waals surface area contributed by atoms with Crippen molar-refractivity contribution in [2.24, 2.45) is 5.92 Å². The lowest BCUT2D eigenvalue weighted by molar-refractivity contribution is -0.143. The van der Waals surface area contributed by atoms with Gasteiger partial charge in [-0.15, -0.1) is 0 Å². The van der Waals surface area contributed by atoms with Crippen LogP contribution in [0.5, 0.6) is 5.75 Å². The molecule has 23 heavy (non-hydrogen) atoms. The van der Waals surface area contributed by atoms with Crippen LogP contribution in [0.2, 0.25) is 0 Å². The van der Waals surface area contributed by atoms with Gasteiger partial charge in [-0.25, -0.2) is 4.79 Å². The monoisotopic (exact) mass is 321 g/mol. The van der Waals surface area contributed by atoms with E-state index in [0.29, 0.717) is 17.9 Å². The molecule has 0 aromatic heterocycles. The van der Waals surface area contributed by atoms with Crippen molar-refractivity contribution in [2.45, 2.75) is 39.7 Å². The van der Waals surface area contributed by atoms with Gasteiger partial charge >= 0.3 is 5.97 Å². The summed E-state index contributed by atoms with van der Waals surface area (Å²) in [5, 5.41) is 11.5. The number of hydrogen-bond donors (Lipinski definition) is 2. The maximum absolute atomic E-state index is 12.0. The average Bonchev–Trinajstić information content (AvgIpc) is 2.50. The number of carboxylic acid groups (broad SMARTS) is 1. The molecule has 6 nitrogen and oxygen atoms in total. The van der Waals surface area contributed by atoms with Gasteiger partial charge < -0.3 is 15.2 Å². The summed E-state index contributed by atoms with van der Waals surface area (Å²) in [5.41, 5.74) is 0.500. The van der Waals surface area contributed by atoms with Crippen molar-refractivity contribution >= 4 is 17.7 Å². The molecule has 1 aromatic carbocycles.